The highest BCUT2D eigenvalue weighted by Gasteiger charge is 2.30. The van der Waals surface area contributed by atoms with E-state index in [9.17, 15) is 9.59 Å². The lowest BCUT2D eigenvalue weighted by molar-refractivity contribution is -0.128. The van der Waals surface area contributed by atoms with Crippen LogP contribution in [0.2, 0.25) is 5.02 Å². The molecule has 0 fully saturated rings. The monoisotopic (exact) mass is 249 g/mol. The quantitative estimate of drug-likeness (QED) is 0.610. The molecule has 0 atom stereocenters. The largest absolute Gasteiger partial charge is 0.278 e. The van der Waals surface area contributed by atoms with Gasteiger partial charge in [0.2, 0.25) is 5.91 Å². The van der Waals surface area contributed by atoms with Gasteiger partial charge in [0.05, 0.1) is 6.42 Å². The molecule has 17 heavy (non-hydrogen) atoms. The fourth-order valence-corrected chi connectivity index (χ4v) is 2.08. The molecular weight excluding hydrogens is 238 g/mol. The van der Waals surface area contributed by atoms with E-state index in [0.717, 1.165) is 0 Å². The van der Waals surface area contributed by atoms with Crippen LogP contribution in [0.5, 0.6) is 0 Å². The maximum absolute atomic E-state index is 12.1. The Bertz CT molecular complexity index is 496. The summed E-state index contributed by atoms with van der Waals surface area (Å²) in [5.74, 6) is -0.415. The Labute approximate surface area is 105 Å². The minimum Gasteiger partial charge on any atom is -0.278 e. The number of rotatable bonds is 3. The van der Waals surface area contributed by atoms with Crippen LogP contribution in [0, 0.1) is 0 Å². The Morgan fingerprint density at radius 1 is 1.41 bits per heavy atom. The fourth-order valence-electron chi connectivity index (χ4n) is 1.88. The molecule has 1 aliphatic heterocycles. The molecule has 3 nitrogen and oxygen atoms in total. The van der Waals surface area contributed by atoms with E-state index in [-0.39, 0.29) is 18.2 Å². The molecule has 1 aliphatic rings. The van der Waals surface area contributed by atoms with Gasteiger partial charge in [0.1, 0.15) is 0 Å². The Balaban J connectivity index is 2.33. The summed E-state index contributed by atoms with van der Waals surface area (Å²) in [4.78, 5) is 25.2. The first-order valence-corrected chi connectivity index (χ1v) is 5.75. The Morgan fingerprint density at radius 2 is 2.18 bits per heavy atom. The van der Waals surface area contributed by atoms with Crippen molar-refractivity contribution in [1.82, 2.24) is 4.90 Å². The number of carbonyl (C=O) groups is 2. The van der Waals surface area contributed by atoms with Crippen molar-refractivity contribution in [3.05, 3.63) is 47.0 Å². The van der Waals surface area contributed by atoms with Gasteiger partial charge in [-0.1, -0.05) is 17.7 Å². The van der Waals surface area contributed by atoms with Crippen molar-refractivity contribution in [2.75, 3.05) is 6.54 Å². The van der Waals surface area contributed by atoms with Crippen molar-refractivity contribution in [3.8, 4) is 0 Å². The third-order valence-electron chi connectivity index (χ3n) is 2.74. The molecule has 0 saturated heterocycles. The number of amides is 2. The number of halogens is 1. The second-order valence-corrected chi connectivity index (χ2v) is 4.34. The van der Waals surface area contributed by atoms with Gasteiger partial charge in [0.15, 0.2) is 0 Å². The highest BCUT2D eigenvalue weighted by molar-refractivity contribution is 6.31. The molecule has 2 rings (SSSR count). The van der Waals surface area contributed by atoms with Crippen molar-refractivity contribution in [2.24, 2.45) is 0 Å². The molecule has 0 aromatic heterocycles. The molecule has 4 heteroatoms. The third kappa shape index (κ3) is 2.24. The number of nitrogens with zero attached hydrogens (tertiary/aromatic N) is 1. The molecule has 0 bridgehead atoms. The lowest BCUT2D eigenvalue weighted by atomic mass is 9.98. The summed E-state index contributed by atoms with van der Waals surface area (Å²) in [5.41, 5.74) is 1.28. The van der Waals surface area contributed by atoms with Crippen LogP contribution in [0.4, 0.5) is 0 Å². The molecule has 0 unspecified atom stereocenters. The lowest BCUT2D eigenvalue weighted by Crippen LogP contribution is -2.42. The van der Waals surface area contributed by atoms with E-state index in [1.165, 1.54) is 4.90 Å². The van der Waals surface area contributed by atoms with E-state index in [2.05, 4.69) is 6.58 Å². The fraction of sp³-hybridized carbons (Fsp3) is 0.231. The predicted octanol–water partition coefficient (Wildman–Crippen LogP) is 2.44. The third-order valence-corrected chi connectivity index (χ3v) is 2.98. The molecule has 1 aromatic rings. The molecule has 0 saturated carbocycles. The maximum atomic E-state index is 12.1. The predicted molar refractivity (Wildman–Crippen MR) is 66.0 cm³/mol. The molecule has 0 radical (unpaired) electrons. The Kier molecular flexibility index (Phi) is 3.29. The average Bonchev–Trinajstić information content (AvgIpc) is 2.28. The van der Waals surface area contributed by atoms with E-state index < -0.39 is 0 Å². The van der Waals surface area contributed by atoms with Gasteiger partial charge < -0.3 is 0 Å². The van der Waals surface area contributed by atoms with Crippen LogP contribution < -0.4 is 0 Å². The lowest BCUT2D eigenvalue weighted by Gasteiger charge is -2.26. The molecule has 0 spiro atoms. The standard InChI is InChI=1S/C13H12ClNO2/c1-2-3-6-15-12(16)8-9-7-10(14)4-5-11(9)13(15)17/h2,4-5,7H,1,3,6,8H2. The summed E-state index contributed by atoms with van der Waals surface area (Å²) in [7, 11) is 0. The number of hydrogen-bond acceptors (Lipinski definition) is 2. The molecular formula is C13H12ClNO2. The van der Waals surface area contributed by atoms with Crippen LogP contribution in [0.3, 0.4) is 0 Å². The Morgan fingerprint density at radius 3 is 2.88 bits per heavy atom. The second kappa shape index (κ2) is 4.72. The second-order valence-electron chi connectivity index (χ2n) is 3.91. The van der Waals surface area contributed by atoms with Crippen LogP contribution in [0.25, 0.3) is 0 Å². The van der Waals surface area contributed by atoms with Crippen LogP contribution in [0.15, 0.2) is 30.9 Å². The van der Waals surface area contributed by atoms with Crippen molar-refractivity contribution < 1.29 is 9.59 Å². The van der Waals surface area contributed by atoms with Crippen LogP contribution in [-0.2, 0) is 11.2 Å². The van der Waals surface area contributed by atoms with Gasteiger partial charge in [-0.2, -0.15) is 0 Å². The maximum Gasteiger partial charge on any atom is 0.260 e. The van der Waals surface area contributed by atoms with E-state index in [1.54, 1.807) is 24.3 Å². The minimum atomic E-state index is -0.241. The summed E-state index contributed by atoms with van der Waals surface area (Å²) < 4.78 is 0. The zero-order chi connectivity index (χ0) is 12.4. The van der Waals surface area contributed by atoms with Crippen molar-refractivity contribution >= 4 is 23.4 Å². The normalized spacial score (nSPS) is 14.8. The Hall–Kier alpha value is -1.61. The molecule has 0 aliphatic carbocycles. The summed E-state index contributed by atoms with van der Waals surface area (Å²) >= 11 is 5.84. The average molecular weight is 250 g/mol. The zero-order valence-electron chi connectivity index (χ0n) is 9.28. The molecule has 1 aromatic carbocycles. The van der Waals surface area contributed by atoms with E-state index >= 15 is 0 Å². The summed E-state index contributed by atoms with van der Waals surface area (Å²) in [6.45, 7) is 3.98. The highest BCUT2D eigenvalue weighted by atomic mass is 35.5. The SMILES string of the molecule is C=CCCN1C(=O)Cc2cc(Cl)ccc2C1=O. The van der Waals surface area contributed by atoms with Gasteiger partial charge in [-0.15, -0.1) is 6.58 Å². The van der Waals surface area contributed by atoms with E-state index in [1.807, 2.05) is 0 Å². The summed E-state index contributed by atoms with van der Waals surface area (Å²) in [5, 5.41) is 0.545. The van der Waals surface area contributed by atoms with Crippen LogP contribution in [0.1, 0.15) is 22.3 Å². The minimum absolute atomic E-state index is 0.174. The summed E-state index contributed by atoms with van der Waals surface area (Å²) in [6, 6.07) is 5.02. The number of benzene rings is 1. The van der Waals surface area contributed by atoms with Crippen LogP contribution >= 0.6 is 11.6 Å². The topological polar surface area (TPSA) is 37.4 Å². The number of hydrogen-bond donors (Lipinski definition) is 0. The number of carbonyl (C=O) groups excluding carboxylic acids is 2. The van der Waals surface area contributed by atoms with Gasteiger partial charge in [0.25, 0.3) is 5.91 Å². The zero-order valence-corrected chi connectivity index (χ0v) is 10.0. The first kappa shape index (κ1) is 11.9. The van der Waals surface area contributed by atoms with E-state index in [0.29, 0.717) is 29.1 Å². The first-order valence-electron chi connectivity index (χ1n) is 5.37. The molecule has 88 valence electrons. The number of imide groups is 1. The molecule has 0 N–H and O–H groups in total. The number of fused-ring (bicyclic) bond motifs is 1. The summed E-state index contributed by atoms with van der Waals surface area (Å²) in [6.07, 6.45) is 2.54. The van der Waals surface area contributed by atoms with Gasteiger partial charge in [0, 0.05) is 17.1 Å². The van der Waals surface area contributed by atoms with Gasteiger partial charge >= 0.3 is 0 Å². The van der Waals surface area contributed by atoms with Gasteiger partial charge in [-0.3, -0.25) is 14.5 Å². The van der Waals surface area contributed by atoms with Gasteiger partial charge in [-0.05, 0) is 30.2 Å². The van der Waals surface area contributed by atoms with Gasteiger partial charge in [-0.25, -0.2) is 0 Å². The molecule has 2 amide bonds. The molecule has 1 heterocycles. The van der Waals surface area contributed by atoms with Crippen molar-refractivity contribution in [2.45, 2.75) is 12.8 Å². The highest BCUT2D eigenvalue weighted by Crippen LogP contribution is 2.23. The van der Waals surface area contributed by atoms with Crippen molar-refractivity contribution in [3.63, 3.8) is 0 Å². The van der Waals surface area contributed by atoms with Crippen LogP contribution in [-0.4, -0.2) is 23.3 Å². The van der Waals surface area contributed by atoms with E-state index in [4.69, 9.17) is 11.6 Å². The smallest absolute Gasteiger partial charge is 0.260 e. The van der Waals surface area contributed by atoms with Crippen molar-refractivity contribution in [1.29, 1.82) is 0 Å². The first-order chi connectivity index (χ1) is 8.13.